The minimum absolute atomic E-state index is 0.00195. The minimum Gasteiger partial charge on any atom is -0.457 e. The standard InChI is InChI=1S/C45H42ClF3N10O8/c46-33-16-13-27(23-32(33)45(47,48)49)53-44(66)52-26-11-14-29(15-12-26)67-30-19-21-50-35(24-30)40(62)51-20-4-3-7-28-25-58(57-56-28)22-5-1-2-10-37(60)54-34-9-6-8-31-39(34)43(65)59(42(31)64)36-17-18-38(61)55-41(36)63/h6,8-9,11-16,19,21,23-25,36H,1-5,7,10,17-18,20,22H2,(H,51,62)(H,54,60)(H2,52,53,66)(H,55,61,63). The molecule has 0 spiro atoms. The van der Waals surface area contributed by atoms with Crippen molar-refractivity contribution in [3.05, 3.63) is 118 Å². The molecule has 5 N–H and O–H groups in total. The molecule has 2 aromatic heterocycles. The van der Waals surface area contributed by atoms with E-state index in [1.54, 1.807) is 28.9 Å². The number of hydrogen-bond acceptors (Lipinski definition) is 11. The Morgan fingerprint density at radius 2 is 1.63 bits per heavy atom. The number of fused-ring (bicyclic) bond motifs is 1. The van der Waals surface area contributed by atoms with E-state index in [0.29, 0.717) is 56.0 Å². The number of imide groups is 2. The summed E-state index contributed by atoms with van der Waals surface area (Å²) in [5, 5.41) is 20.5. The second-order valence-corrected chi connectivity index (χ2v) is 15.9. The van der Waals surface area contributed by atoms with E-state index in [2.05, 4.69) is 41.9 Å². The van der Waals surface area contributed by atoms with Crippen molar-refractivity contribution in [1.29, 1.82) is 0 Å². The Kier molecular flexibility index (Phi) is 14.9. The second kappa shape index (κ2) is 21.1. The molecule has 2 aliphatic rings. The molecule has 1 saturated heterocycles. The minimum atomic E-state index is -4.68. The highest BCUT2D eigenvalue weighted by atomic mass is 35.5. The van der Waals surface area contributed by atoms with E-state index in [-0.39, 0.29) is 53.4 Å². The zero-order valence-corrected chi connectivity index (χ0v) is 36.2. The largest absolute Gasteiger partial charge is 0.457 e. The first-order chi connectivity index (χ1) is 32.1. The molecule has 1 unspecified atom stereocenters. The van der Waals surface area contributed by atoms with Crippen LogP contribution in [0.1, 0.15) is 93.8 Å². The van der Waals surface area contributed by atoms with Crippen LogP contribution in [0.2, 0.25) is 5.02 Å². The highest BCUT2D eigenvalue weighted by molar-refractivity contribution is 6.31. The van der Waals surface area contributed by atoms with Crippen LogP contribution in [0.25, 0.3) is 0 Å². The van der Waals surface area contributed by atoms with Gasteiger partial charge in [0.05, 0.1) is 33.1 Å². The summed E-state index contributed by atoms with van der Waals surface area (Å²) in [7, 11) is 0. The van der Waals surface area contributed by atoms with Crippen LogP contribution in [0.5, 0.6) is 11.5 Å². The number of nitrogens with one attached hydrogen (secondary N) is 5. The summed E-state index contributed by atoms with van der Waals surface area (Å²) < 4.78 is 47.1. The van der Waals surface area contributed by atoms with Crippen LogP contribution < -0.4 is 31.3 Å². The monoisotopic (exact) mass is 942 g/mol. The molecule has 3 aromatic carbocycles. The molecule has 348 valence electrons. The molecule has 8 amide bonds. The predicted octanol–water partition coefficient (Wildman–Crippen LogP) is 7.13. The number of benzene rings is 3. The third-order valence-electron chi connectivity index (χ3n) is 10.6. The lowest BCUT2D eigenvalue weighted by Gasteiger charge is -2.27. The number of unbranched alkanes of at least 4 members (excludes halogenated alkanes) is 3. The molecule has 18 nitrogen and oxygen atoms in total. The summed E-state index contributed by atoms with van der Waals surface area (Å²) in [6.07, 6.45) is 2.85. The molecule has 0 saturated carbocycles. The Morgan fingerprint density at radius 1 is 0.851 bits per heavy atom. The Labute approximate surface area is 385 Å². The molecule has 4 heterocycles. The smallest absolute Gasteiger partial charge is 0.417 e. The molecular formula is C45H42ClF3N10O8. The number of urea groups is 1. The molecule has 0 bridgehead atoms. The average molecular weight is 943 g/mol. The number of nitrogens with zero attached hydrogens (tertiary/aromatic N) is 5. The van der Waals surface area contributed by atoms with E-state index in [0.717, 1.165) is 35.6 Å². The van der Waals surface area contributed by atoms with Gasteiger partial charge in [-0.1, -0.05) is 29.3 Å². The summed E-state index contributed by atoms with van der Waals surface area (Å²) in [5.41, 5.74) is 0.387. The van der Waals surface area contributed by atoms with E-state index in [4.69, 9.17) is 16.3 Å². The van der Waals surface area contributed by atoms with Gasteiger partial charge in [0.25, 0.3) is 17.7 Å². The van der Waals surface area contributed by atoms with E-state index in [9.17, 15) is 46.7 Å². The number of carbonyl (C=O) groups excluding carboxylic acids is 7. The maximum Gasteiger partial charge on any atom is 0.417 e. The Balaban J connectivity index is 0.765. The van der Waals surface area contributed by atoms with Crippen molar-refractivity contribution in [2.24, 2.45) is 0 Å². The zero-order valence-electron chi connectivity index (χ0n) is 35.5. The summed E-state index contributed by atoms with van der Waals surface area (Å²) >= 11 is 5.64. The lowest BCUT2D eigenvalue weighted by Crippen LogP contribution is -2.54. The number of carbonyl (C=O) groups is 7. The number of anilines is 3. The molecule has 2 aliphatic heterocycles. The highest BCUT2D eigenvalue weighted by Crippen LogP contribution is 2.36. The van der Waals surface area contributed by atoms with Gasteiger partial charge in [-0.3, -0.25) is 48.6 Å². The van der Waals surface area contributed by atoms with Gasteiger partial charge in [0, 0.05) is 55.8 Å². The molecule has 0 aliphatic carbocycles. The first kappa shape index (κ1) is 47.3. The second-order valence-electron chi connectivity index (χ2n) is 15.5. The van der Waals surface area contributed by atoms with Gasteiger partial charge in [-0.2, -0.15) is 13.2 Å². The van der Waals surface area contributed by atoms with Crippen molar-refractivity contribution >= 4 is 70.1 Å². The molecule has 1 atom stereocenters. The molecular weight excluding hydrogens is 901 g/mol. The fourth-order valence-corrected chi connectivity index (χ4v) is 7.53. The van der Waals surface area contributed by atoms with Gasteiger partial charge in [-0.05, 0) is 99.2 Å². The normalized spacial score (nSPS) is 14.6. The number of aromatic nitrogens is 4. The fourth-order valence-electron chi connectivity index (χ4n) is 7.31. The summed E-state index contributed by atoms with van der Waals surface area (Å²) in [4.78, 5) is 93.4. The van der Waals surface area contributed by atoms with Crippen molar-refractivity contribution in [2.75, 3.05) is 22.5 Å². The number of hydrogen-bond donors (Lipinski definition) is 5. The summed E-state index contributed by atoms with van der Waals surface area (Å²) in [6, 6.07) is 14.9. The van der Waals surface area contributed by atoms with Crippen LogP contribution in [0, 0.1) is 0 Å². The topological polar surface area (TPSA) is 236 Å². The lowest BCUT2D eigenvalue weighted by molar-refractivity contribution is -0.138. The molecule has 0 radical (unpaired) electrons. The van der Waals surface area contributed by atoms with E-state index < -0.39 is 58.4 Å². The van der Waals surface area contributed by atoms with Crippen molar-refractivity contribution in [3.8, 4) is 11.5 Å². The molecule has 67 heavy (non-hydrogen) atoms. The molecule has 5 aromatic rings. The highest BCUT2D eigenvalue weighted by Gasteiger charge is 2.45. The molecule has 1 fully saturated rings. The lowest BCUT2D eigenvalue weighted by atomic mass is 10.0. The third kappa shape index (κ3) is 12.2. The van der Waals surface area contributed by atoms with E-state index >= 15 is 0 Å². The van der Waals surface area contributed by atoms with Gasteiger partial charge in [-0.15, -0.1) is 5.10 Å². The number of halogens is 4. The summed E-state index contributed by atoms with van der Waals surface area (Å²) in [6.45, 7) is 0.977. The molecule has 22 heteroatoms. The first-order valence-electron chi connectivity index (χ1n) is 21.1. The third-order valence-corrected chi connectivity index (χ3v) is 10.9. The zero-order chi connectivity index (χ0) is 47.7. The Bertz CT molecular complexity index is 2710. The fraction of sp³-hybridized carbons (Fsp3) is 0.289. The maximum atomic E-state index is 13.3. The van der Waals surface area contributed by atoms with Crippen LogP contribution in [-0.4, -0.2) is 78.9 Å². The Hall–Kier alpha value is -7.68. The predicted molar refractivity (Wildman–Crippen MR) is 235 cm³/mol. The van der Waals surface area contributed by atoms with E-state index in [1.807, 2.05) is 6.20 Å². The van der Waals surface area contributed by atoms with Crippen LogP contribution in [0.4, 0.5) is 35.0 Å². The van der Waals surface area contributed by atoms with Gasteiger partial charge >= 0.3 is 12.2 Å². The number of aryl methyl sites for hydroxylation is 2. The quantitative estimate of drug-likeness (QED) is 0.0438. The molecule has 7 rings (SSSR count). The SMILES string of the molecule is O=C1CCC(N2C(=O)c3cccc(NC(=O)CCCCCn4cc(CCCCNC(=O)c5cc(Oc6ccc(NC(=O)Nc7ccc(Cl)c(C(F)(F)F)c7)cc6)ccn5)nn4)c3C2=O)C(=O)N1. The maximum absolute atomic E-state index is 13.3. The number of amides is 8. The van der Waals surface area contributed by atoms with Gasteiger partial charge in [-0.25, -0.2) is 4.79 Å². The van der Waals surface area contributed by atoms with Gasteiger partial charge in [0.1, 0.15) is 23.2 Å². The number of alkyl halides is 3. The summed E-state index contributed by atoms with van der Waals surface area (Å²) in [5.74, 6) is -2.54. The first-order valence-corrected chi connectivity index (χ1v) is 21.5. The average Bonchev–Trinajstić information content (AvgIpc) is 3.85. The van der Waals surface area contributed by atoms with Crippen molar-refractivity contribution < 1.29 is 51.5 Å². The number of piperidine rings is 1. The van der Waals surface area contributed by atoms with Crippen LogP contribution >= 0.6 is 11.6 Å². The number of ether oxygens (including phenoxy) is 1. The van der Waals surface area contributed by atoms with Gasteiger partial charge < -0.3 is 26.0 Å². The van der Waals surface area contributed by atoms with Crippen molar-refractivity contribution in [1.82, 2.24) is 35.5 Å². The van der Waals surface area contributed by atoms with Crippen LogP contribution in [0.3, 0.4) is 0 Å². The van der Waals surface area contributed by atoms with Crippen LogP contribution in [-0.2, 0) is 33.5 Å². The van der Waals surface area contributed by atoms with Gasteiger partial charge in [0.2, 0.25) is 17.7 Å². The van der Waals surface area contributed by atoms with Gasteiger partial charge in [0.15, 0.2) is 0 Å². The number of rotatable bonds is 18. The Morgan fingerprint density at radius 3 is 2.40 bits per heavy atom. The van der Waals surface area contributed by atoms with Crippen molar-refractivity contribution in [2.45, 2.75) is 76.6 Å². The van der Waals surface area contributed by atoms with Crippen LogP contribution in [0.15, 0.2) is 85.2 Å². The van der Waals surface area contributed by atoms with Crippen molar-refractivity contribution in [3.63, 3.8) is 0 Å². The number of pyridine rings is 1. The van der Waals surface area contributed by atoms with E-state index in [1.165, 1.54) is 42.6 Å².